The third kappa shape index (κ3) is 1.17. The van der Waals surface area contributed by atoms with Crippen LogP contribution in [0.5, 0.6) is 5.75 Å². The van der Waals surface area contributed by atoms with Crippen molar-refractivity contribution >= 4 is 0 Å². The summed E-state index contributed by atoms with van der Waals surface area (Å²) in [5.41, 5.74) is 2.44. The Labute approximate surface area is 72.6 Å². The van der Waals surface area contributed by atoms with Crippen LogP contribution in [0.15, 0.2) is 12.3 Å². The number of rotatable bonds is 2. The second kappa shape index (κ2) is 2.77. The first-order valence-electron chi connectivity index (χ1n) is 4.32. The smallest absolute Gasteiger partial charge is 0.125 e. The summed E-state index contributed by atoms with van der Waals surface area (Å²) in [6.07, 6.45) is 4.42. The van der Waals surface area contributed by atoms with Crippen molar-refractivity contribution in [3.05, 3.63) is 23.5 Å². The van der Waals surface area contributed by atoms with Crippen molar-refractivity contribution in [3.8, 4) is 5.75 Å². The molecule has 0 atom stereocenters. The molecule has 1 aromatic rings. The van der Waals surface area contributed by atoms with Gasteiger partial charge in [-0.1, -0.05) is 0 Å². The van der Waals surface area contributed by atoms with Gasteiger partial charge < -0.3 is 4.74 Å². The summed E-state index contributed by atoms with van der Waals surface area (Å²) < 4.78 is 5.22. The molecule has 2 rings (SSSR count). The van der Waals surface area contributed by atoms with Crippen LogP contribution in [-0.2, 0) is 0 Å². The van der Waals surface area contributed by atoms with E-state index in [0.717, 1.165) is 5.75 Å². The Balaban J connectivity index is 2.40. The molecule has 2 nitrogen and oxygen atoms in total. The minimum atomic E-state index is 0.708. The predicted molar refractivity (Wildman–Crippen MR) is 47.5 cm³/mol. The van der Waals surface area contributed by atoms with Gasteiger partial charge in [0, 0.05) is 17.7 Å². The lowest BCUT2D eigenvalue weighted by Gasteiger charge is -2.07. The molecule has 1 aliphatic rings. The van der Waals surface area contributed by atoms with Gasteiger partial charge in [0.05, 0.1) is 12.8 Å². The van der Waals surface area contributed by atoms with Crippen LogP contribution in [0.2, 0.25) is 0 Å². The van der Waals surface area contributed by atoms with Crippen LogP contribution in [0, 0.1) is 6.92 Å². The summed E-state index contributed by atoms with van der Waals surface area (Å²) >= 11 is 0. The quantitative estimate of drug-likeness (QED) is 0.667. The molecular weight excluding hydrogens is 150 g/mol. The molecule has 2 heteroatoms. The standard InChI is InChI=1S/C10H13NO/c1-7-9(12-2)5-6-11-10(7)8-3-4-8/h5-6,8H,3-4H2,1-2H3. The lowest BCUT2D eigenvalue weighted by molar-refractivity contribution is 0.410. The van der Waals surface area contributed by atoms with Crippen molar-refractivity contribution in [2.24, 2.45) is 0 Å². The molecular formula is C10H13NO. The third-order valence-electron chi connectivity index (χ3n) is 2.38. The van der Waals surface area contributed by atoms with Crippen LogP contribution in [0.4, 0.5) is 0 Å². The third-order valence-corrected chi connectivity index (χ3v) is 2.38. The van der Waals surface area contributed by atoms with E-state index in [2.05, 4.69) is 11.9 Å². The summed E-state index contributed by atoms with van der Waals surface area (Å²) in [5.74, 6) is 1.67. The van der Waals surface area contributed by atoms with E-state index in [1.165, 1.54) is 24.1 Å². The fourth-order valence-electron chi connectivity index (χ4n) is 1.52. The van der Waals surface area contributed by atoms with E-state index in [9.17, 15) is 0 Å². The van der Waals surface area contributed by atoms with Gasteiger partial charge in [0.15, 0.2) is 0 Å². The predicted octanol–water partition coefficient (Wildman–Crippen LogP) is 2.28. The van der Waals surface area contributed by atoms with Crippen LogP contribution < -0.4 is 4.74 Å². The molecule has 0 bridgehead atoms. The highest BCUT2D eigenvalue weighted by Crippen LogP contribution is 2.41. The number of hydrogen-bond donors (Lipinski definition) is 0. The van der Waals surface area contributed by atoms with Gasteiger partial charge in [-0.2, -0.15) is 0 Å². The number of hydrogen-bond acceptors (Lipinski definition) is 2. The van der Waals surface area contributed by atoms with Gasteiger partial charge in [0.25, 0.3) is 0 Å². The van der Waals surface area contributed by atoms with Gasteiger partial charge in [0.2, 0.25) is 0 Å². The van der Waals surface area contributed by atoms with Gasteiger partial charge in [0.1, 0.15) is 5.75 Å². The molecule has 64 valence electrons. The van der Waals surface area contributed by atoms with Crippen molar-refractivity contribution in [1.82, 2.24) is 4.98 Å². The van der Waals surface area contributed by atoms with Crippen LogP contribution in [0.1, 0.15) is 30.0 Å². The van der Waals surface area contributed by atoms with Gasteiger partial charge >= 0.3 is 0 Å². The minimum absolute atomic E-state index is 0.708. The summed E-state index contributed by atoms with van der Waals surface area (Å²) in [6, 6.07) is 1.92. The number of aromatic nitrogens is 1. The summed E-state index contributed by atoms with van der Waals surface area (Å²) in [7, 11) is 1.71. The fraction of sp³-hybridized carbons (Fsp3) is 0.500. The molecule has 1 aliphatic carbocycles. The highest BCUT2D eigenvalue weighted by molar-refractivity contribution is 5.37. The highest BCUT2D eigenvalue weighted by atomic mass is 16.5. The number of nitrogens with zero attached hydrogens (tertiary/aromatic N) is 1. The average molecular weight is 163 g/mol. The first-order valence-corrected chi connectivity index (χ1v) is 4.32. The Morgan fingerprint density at radius 2 is 2.25 bits per heavy atom. The van der Waals surface area contributed by atoms with Crippen LogP contribution >= 0.6 is 0 Å². The van der Waals surface area contributed by atoms with Gasteiger partial charge in [-0.15, -0.1) is 0 Å². The molecule has 1 heterocycles. The topological polar surface area (TPSA) is 22.1 Å². The maximum Gasteiger partial charge on any atom is 0.125 e. The Bertz CT molecular complexity index is 292. The second-order valence-electron chi connectivity index (χ2n) is 3.30. The zero-order chi connectivity index (χ0) is 8.55. The van der Waals surface area contributed by atoms with Gasteiger partial charge in [-0.05, 0) is 25.8 Å². The highest BCUT2D eigenvalue weighted by Gasteiger charge is 2.27. The number of methoxy groups -OCH3 is 1. The van der Waals surface area contributed by atoms with Crippen molar-refractivity contribution in [1.29, 1.82) is 0 Å². The second-order valence-corrected chi connectivity index (χ2v) is 3.30. The Hall–Kier alpha value is -1.05. The Morgan fingerprint density at radius 3 is 2.83 bits per heavy atom. The molecule has 0 aliphatic heterocycles. The molecule has 1 aromatic heterocycles. The lowest BCUT2D eigenvalue weighted by atomic mass is 10.1. The molecule has 0 radical (unpaired) electrons. The fourth-order valence-corrected chi connectivity index (χ4v) is 1.52. The normalized spacial score (nSPS) is 16.2. The monoisotopic (exact) mass is 163 g/mol. The minimum Gasteiger partial charge on any atom is -0.496 e. The average Bonchev–Trinajstić information content (AvgIpc) is 2.88. The summed E-state index contributed by atoms with van der Waals surface area (Å²) in [6.45, 7) is 2.08. The molecule has 12 heavy (non-hydrogen) atoms. The molecule has 0 unspecified atom stereocenters. The number of pyridine rings is 1. The van der Waals surface area contributed by atoms with E-state index in [-0.39, 0.29) is 0 Å². The van der Waals surface area contributed by atoms with E-state index < -0.39 is 0 Å². The van der Waals surface area contributed by atoms with Crippen LogP contribution in [-0.4, -0.2) is 12.1 Å². The van der Waals surface area contributed by atoms with Crippen molar-refractivity contribution in [2.45, 2.75) is 25.7 Å². The summed E-state index contributed by atoms with van der Waals surface area (Å²) in [4.78, 5) is 4.37. The van der Waals surface area contributed by atoms with Crippen molar-refractivity contribution < 1.29 is 4.74 Å². The molecule has 0 spiro atoms. The molecule has 0 amide bonds. The van der Waals surface area contributed by atoms with E-state index in [0.29, 0.717) is 5.92 Å². The first-order chi connectivity index (χ1) is 5.83. The van der Waals surface area contributed by atoms with Crippen LogP contribution in [0.3, 0.4) is 0 Å². The summed E-state index contributed by atoms with van der Waals surface area (Å²) in [5, 5.41) is 0. The first kappa shape index (κ1) is 7.59. The molecule has 0 N–H and O–H groups in total. The Kier molecular flexibility index (Phi) is 1.75. The largest absolute Gasteiger partial charge is 0.496 e. The molecule has 1 saturated carbocycles. The zero-order valence-electron chi connectivity index (χ0n) is 7.50. The van der Waals surface area contributed by atoms with Crippen molar-refractivity contribution in [3.63, 3.8) is 0 Å². The molecule has 0 aromatic carbocycles. The molecule has 1 fully saturated rings. The zero-order valence-corrected chi connectivity index (χ0v) is 7.50. The SMILES string of the molecule is COc1ccnc(C2CC2)c1C. The number of ether oxygens (including phenoxy) is 1. The Morgan fingerprint density at radius 1 is 1.50 bits per heavy atom. The molecule has 0 saturated heterocycles. The van der Waals surface area contributed by atoms with Gasteiger partial charge in [-0.3, -0.25) is 4.98 Å². The van der Waals surface area contributed by atoms with Crippen LogP contribution in [0.25, 0.3) is 0 Å². The van der Waals surface area contributed by atoms with E-state index >= 15 is 0 Å². The van der Waals surface area contributed by atoms with E-state index in [1.54, 1.807) is 7.11 Å². The van der Waals surface area contributed by atoms with Gasteiger partial charge in [-0.25, -0.2) is 0 Å². The maximum absolute atomic E-state index is 5.22. The van der Waals surface area contributed by atoms with E-state index in [4.69, 9.17) is 4.74 Å². The maximum atomic E-state index is 5.22. The van der Waals surface area contributed by atoms with Crippen molar-refractivity contribution in [2.75, 3.05) is 7.11 Å². The lowest BCUT2D eigenvalue weighted by Crippen LogP contribution is -1.94. The van der Waals surface area contributed by atoms with E-state index in [1.807, 2.05) is 12.3 Å².